The normalized spacial score (nSPS) is 7.43. The van der Waals surface area contributed by atoms with Crippen LogP contribution in [0, 0.1) is 0 Å². The summed E-state index contributed by atoms with van der Waals surface area (Å²) in [4.78, 5) is 9.97. The number of benzene rings is 1. The van der Waals surface area contributed by atoms with Crippen molar-refractivity contribution in [1.82, 2.24) is 5.43 Å². The van der Waals surface area contributed by atoms with Crippen LogP contribution in [0.25, 0.3) is 0 Å². The molecule has 0 atom stereocenters. The van der Waals surface area contributed by atoms with Gasteiger partial charge in [-0.05, 0) is 12.6 Å². The predicted octanol–water partition coefficient (Wildman–Crippen LogP) is 1.53. The molecular weight excluding hydrogens is 176 g/mol. The maximum absolute atomic E-state index is 9.97. The van der Waals surface area contributed by atoms with Gasteiger partial charge in [0.2, 0.25) is 0 Å². The van der Waals surface area contributed by atoms with Gasteiger partial charge in [-0.3, -0.25) is 11.3 Å². The molecule has 14 heavy (non-hydrogen) atoms. The van der Waals surface area contributed by atoms with Gasteiger partial charge in [-0.2, -0.15) is 0 Å². The molecule has 0 heterocycles. The maximum Gasteiger partial charge on any atom is 0.124 e. The summed E-state index contributed by atoms with van der Waals surface area (Å²) in [6, 6.07) is 9.68. The molecule has 0 spiro atoms. The Morgan fingerprint density at radius 3 is 2.07 bits per heavy atom. The molecule has 3 nitrogen and oxygen atoms in total. The van der Waals surface area contributed by atoms with E-state index in [4.69, 9.17) is 0 Å². The first-order valence-corrected chi connectivity index (χ1v) is 4.70. The van der Waals surface area contributed by atoms with E-state index in [-0.39, 0.29) is 0 Å². The van der Waals surface area contributed by atoms with Crippen LogP contribution in [0.15, 0.2) is 30.3 Å². The van der Waals surface area contributed by atoms with Gasteiger partial charge < -0.3 is 4.79 Å². The van der Waals surface area contributed by atoms with Gasteiger partial charge in [0, 0.05) is 6.42 Å². The molecular formula is C11H20N2O. The number of nitrogens with one attached hydrogen (secondary N) is 1. The quantitative estimate of drug-likeness (QED) is 0.428. The van der Waals surface area contributed by atoms with Gasteiger partial charge in [-0.15, -0.1) is 0 Å². The van der Waals surface area contributed by atoms with Crippen LogP contribution >= 0.6 is 0 Å². The summed E-state index contributed by atoms with van der Waals surface area (Å²) in [6.45, 7) is 4.00. The Hall–Kier alpha value is -1.19. The average Bonchev–Trinajstić information content (AvgIpc) is 2.24. The van der Waals surface area contributed by atoms with Crippen molar-refractivity contribution in [3.63, 3.8) is 0 Å². The van der Waals surface area contributed by atoms with Crippen molar-refractivity contribution < 1.29 is 4.79 Å². The van der Waals surface area contributed by atoms with E-state index < -0.39 is 0 Å². The third-order valence-corrected chi connectivity index (χ3v) is 1.16. The zero-order chi connectivity index (χ0) is 11.2. The van der Waals surface area contributed by atoms with Crippen molar-refractivity contribution in [2.75, 3.05) is 7.05 Å². The summed E-state index contributed by atoms with van der Waals surface area (Å²) in [5.74, 6) is 4.60. The largest absolute Gasteiger partial charge is 0.303 e. The lowest BCUT2D eigenvalue weighted by molar-refractivity contribution is -0.107. The monoisotopic (exact) mass is 196 g/mol. The molecule has 0 fully saturated rings. The molecule has 3 heteroatoms. The first-order valence-electron chi connectivity index (χ1n) is 4.70. The summed E-state index contributed by atoms with van der Waals surface area (Å²) < 4.78 is 0. The van der Waals surface area contributed by atoms with Gasteiger partial charge in [0.25, 0.3) is 0 Å². The van der Waals surface area contributed by atoms with E-state index in [1.807, 2.05) is 44.2 Å². The zero-order valence-corrected chi connectivity index (χ0v) is 9.16. The second kappa shape index (κ2) is 14.3. The van der Waals surface area contributed by atoms with E-state index in [0.717, 1.165) is 11.8 Å². The third kappa shape index (κ3) is 10.8. The number of hydrazine groups is 1. The molecule has 0 amide bonds. The minimum absolute atomic E-state index is 0.529. The lowest BCUT2D eigenvalue weighted by Gasteiger charge is -1.89. The molecule has 1 aromatic carbocycles. The van der Waals surface area contributed by atoms with E-state index in [9.17, 15) is 4.79 Å². The molecule has 0 aromatic heterocycles. The summed E-state index contributed by atoms with van der Waals surface area (Å²) in [5.41, 5.74) is 3.33. The fourth-order valence-corrected chi connectivity index (χ4v) is 0.710. The summed E-state index contributed by atoms with van der Waals surface area (Å²) in [6.07, 6.45) is 1.44. The first-order chi connectivity index (χ1) is 6.85. The minimum atomic E-state index is 0.529. The van der Waals surface area contributed by atoms with Crippen LogP contribution in [0.4, 0.5) is 0 Å². The van der Waals surface area contributed by atoms with Crippen LogP contribution in [0.2, 0.25) is 0 Å². The highest BCUT2D eigenvalue weighted by Crippen LogP contribution is 1.96. The summed E-state index contributed by atoms with van der Waals surface area (Å²) >= 11 is 0. The van der Waals surface area contributed by atoms with Crippen molar-refractivity contribution in [1.29, 1.82) is 0 Å². The fourth-order valence-electron chi connectivity index (χ4n) is 0.710. The average molecular weight is 196 g/mol. The van der Waals surface area contributed by atoms with Crippen molar-refractivity contribution in [3.05, 3.63) is 35.9 Å². The first kappa shape index (κ1) is 15.3. The highest BCUT2D eigenvalue weighted by atomic mass is 16.1. The third-order valence-electron chi connectivity index (χ3n) is 1.16. The van der Waals surface area contributed by atoms with Gasteiger partial charge >= 0.3 is 0 Å². The highest BCUT2D eigenvalue weighted by Gasteiger charge is 1.84. The molecule has 3 N–H and O–H groups in total. The lowest BCUT2D eigenvalue weighted by Crippen LogP contribution is -2.13. The van der Waals surface area contributed by atoms with Crippen LogP contribution in [-0.2, 0) is 11.2 Å². The predicted molar refractivity (Wildman–Crippen MR) is 60.8 cm³/mol. The van der Waals surface area contributed by atoms with Crippen LogP contribution < -0.4 is 11.3 Å². The number of nitrogens with two attached hydrogens (primary N) is 1. The molecule has 0 saturated carbocycles. The molecule has 0 unspecified atom stereocenters. The number of hydrogen-bond acceptors (Lipinski definition) is 3. The van der Waals surface area contributed by atoms with Crippen LogP contribution in [0.3, 0.4) is 0 Å². The zero-order valence-electron chi connectivity index (χ0n) is 9.16. The molecule has 0 bridgehead atoms. The Morgan fingerprint density at radius 2 is 1.71 bits per heavy atom. The van der Waals surface area contributed by atoms with E-state index >= 15 is 0 Å². The number of carbonyl (C=O) groups excluding carboxylic acids is 1. The van der Waals surface area contributed by atoms with Gasteiger partial charge in [-0.25, -0.2) is 0 Å². The Balaban J connectivity index is 0. The van der Waals surface area contributed by atoms with Crippen molar-refractivity contribution in [2.24, 2.45) is 5.84 Å². The van der Waals surface area contributed by atoms with E-state index in [1.54, 1.807) is 7.05 Å². The fraction of sp³-hybridized carbons (Fsp3) is 0.364. The van der Waals surface area contributed by atoms with Gasteiger partial charge in [-0.1, -0.05) is 44.2 Å². The SMILES string of the molecule is CC.CNN.O=CCc1ccccc1. The second-order valence-electron chi connectivity index (χ2n) is 2.15. The number of aldehydes is 1. The Morgan fingerprint density at radius 1 is 1.29 bits per heavy atom. The summed E-state index contributed by atoms with van der Waals surface area (Å²) in [7, 11) is 1.65. The van der Waals surface area contributed by atoms with E-state index in [2.05, 4.69) is 11.3 Å². The smallest absolute Gasteiger partial charge is 0.124 e. The van der Waals surface area contributed by atoms with Gasteiger partial charge in [0.15, 0.2) is 0 Å². The topological polar surface area (TPSA) is 55.1 Å². The Kier molecular flexibility index (Phi) is 15.7. The Bertz CT molecular complexity index is 200. The van der Waals surface area contributed by atoms with Crippen LogP contribution in [-0.4, -0.2) is 13.3 Å². The molecule has 1 aromatic rings. The molecule has 0 aliphatic rings. The van der Waals surface area contributed by atoms with Gasteiger partial charge in [0.1, 0.15) is 6.29 Å². The lowest BCUT2D eigenvalue weighted by atomic mass is 10.2. The number of rotatable bonds is 2. The molecule has 0 aliphatic heterocycles. The summed E-state index contributed by atoms with van der Waals surface area (Å²) in [5, 5.41) is 0. The molecule has 0 saturated heterocycles. The maximum atomic E-state index is 9.97. The van der Waals surface area contributed by atoms with Crippen LogP contribution in [0.5, 0.6) is 0 Å². The highest BCUT2D eigenvalue weighted by molar-refractivity contribution is 5.54. The van der Waals surface area contributed by atoms with Crippen LogP contribution in [0.1, 0.15) is 19.4 Å². The second-order valence-corrected chi connectivity index (χ2v) is 2.15. The number of hydrogen-bond donors (Lipinski definition) is 2. The van der Waals surface area contributed by atoms with Gasteiger partial charge in [0.05, 0.1) is 0 Å². The van der Waals surface area contributed by atoms with Crippen molar-refractivity contribution in [3.8, 4) is 0 Å². The van der Waals surface area contributed by atoms with E-state index in [0.29, 0.717) is 6.42 Å². The molecule has 0 aliphatic carbocycles. The Labute approximate surface area is 86.3 Å². The molecule has 1 rings (SSSR count). The van der Waals surface area contributed by atoms with E-state index in [1.165, 1.54) is 0 Å². The molecule has 80 valence electrons. The minimum Gasteiger partial charge on any atom is -0.303 e. The number of carbonyl (C=O) groups is 1. The standard InChI is InChI=1S/C8H8O.C2H6.CH6N2/c9-7-6-8-4-2-1-3-5-8;1-2;1-3-2/h1-5,7H,6H2;1-2H3;3H,2H2,1H3. The molecule has 0 radical (unpaired) electrons. The van der Waals surface area contributed by atoms with Crippen molar-refractivity contribution >= 4 is 6.29 Å². The van der Waals surface area contributed by atoms with Crippen molar-refractivity contribution in [2.45, 2.75) is 20.3 Å².